The topological polar surface area (TPSA) is 90.9 Å². The van der Waals surface area contributed by atoms with Crippen molar-refractivity contribution in [1.82, 2.24) is 5.32 Å². The molecule has 1 amide bonds. The van der Waals surface area contributed by atoms with E-state index in [1.807, 2.05) is 0 Å². The van der Waals surface area contributed by atoms with Crippen LogP contribution in [0.25, 0.3) is 0 Å². The summed E-state index contributed by atoms with van der Waals surface area (Å²) in [6.45, 7) is 1.94. The number of halogens is 1. The normalized spacial score (nSPS) is 14.7. The fourth-order valence-corrected chi connectivity index (χ4v) is 3.22. The third-order valence-electron chi connectivity index (χ3n) is 4.67. The van der Waals surface area contributed by atoms with Gasteiger partial charge in [-0.05, 0) is 43.5 Å². The number of carbonyl (C=O) groups is 3. The van der Waals surface area contributed by atoms with Crippen molar-refractivity contribution in [2.24, 2.45) is 5.92 Å². The van der Waals surface area contributed by atoms with Gasteiger partial charge in [0.15, 0.2) is 0 Å². The van der Waals surface area contributed by atoms with Crippen molar-refractivity contribution in [3.05, 3.63) is 29.3 Å². The molecule has 2 rings (SSSR count). The second kappa shape index (κ2) is 14.7. The zero-order valence-corrected chi connectivity index (χ0v) is 20.4. The maximum Gasteiger partial charge on any atom is 1.00 e. The van der Waals surface area contributed by atoms with E-state index in [2.05, 4.69) is 5.32 Å². The van der Waals surface area contributed by atoms with Crippen LogP contribution in [-0.4, -0.2) is 30.9 Å². The van der Waals surface area contributed by atoms with Gasteiger partial charge in [-0.2, -0.15) is 0 Å². The molecule has 1 saturated carbocycles. The number of hydrogen-bond acceptors (Lipinski definition) is 6. The minimum absolute atomic E-state index is 0. The SMILES string of the molecule is CCC(=O)OC(OC(=O)NCCCC(=O)Oc1ccc(Cl)cc1)C1CCCCC1.[Na+]. The van der Waals surface area contributed by atoms with Crippen LogP contribution in [0.2, 0.25) is 5.02 Å². The van der Waals surface area contributed by atoms with Crippen LogP contribution in [-0.2, 0) is 19.1 Å². The standard InChI is InChI=1S/C21H28ClNO6.Na/c1-2-18(24)28-20(15-7-4-3-5-8-15)29-21(26)23-14-6-9-19(25)27-17-12-10-16(22)11-13-17;/h10-13,15,20H,2-9,14H2,1H3,(H,23,26);/q;+1. The van der Waals surface area contributed by atoms with E-state index in [0.29, 0.717) is 17.2 Å². The molecule has 0 heterocycles. The predicted octanol–water partition coefficient (Wildman–Crippen LogP) is 1.62. The summed E-state index contributed by atoms with van der Waals surface area (Å²) < 4.78 is 15.9. The van der Waals surface area contributed by atoms with E-state index in [-0.39, 0.29) is 54.9 Å². The number of nitrogens with one attached hydrogen (secondary N) is 1. The van der Waals surface area contributed by atoms with Crippen molar-refractivity contribution in [2.45, 2.75) is 64.6 Å². The summed E-state index contributed by atoms with van der Waals surface area (Å²) >= 11 is 5.78. The summed E-state index contributed by atoms with van der Waals surface area (Å²) in [5, 5.41) is 3.15. The average molecular weight is 449 g/mol. The summed E-state index contributed by atoms with van der Waals surface area (Å²) in [5.74, 6) is -0.350. The Balaban J connectivity index is 0.00000450. The molecule has 30 heavy (non-hydrogen) atoms. The monoisotopic (exact) mass is 448 g/mol. The number of ether oxygens (including phenoxy) is 3. The Morgan fingerprint density at radius 2 is 1.73 bits per heavy atom. The van der Waals surface area contributed by atoms with Gasteiger partial charge in [-0.25, -0.2) is 4.79 Å². The third-order valence-corrected chi connectivity index (χ3v) is 4.92. The number of benzene rings is 1. The van der Waals surface area contributed by atoms with Crippen LogP contribution in [0.4, 0.5) is 4.79 Å². The van der Waals surface area contributed by atoms with E-state index in [0.717, 1.165) is 32.1 Å². The summed E-state index contributed by atoms with van der Waals surface area (Å²) in [7, 11) is 0. The molecule has 9 heteroatoms. The molecule has 7 nitrogen and oxygen atoms in total. The molecular formula is C21H28ClNNaO6+. The third kappa shape index (κ3) is 10.2. The summed E-state index contributed by atoms with van der Waals surface area (Å²) in [6.07, 6.45) is 4.18. The van der Waals surface area contributed by atoms with Crippen molar-refractivity contribution in [3.8, 4) is 5.75 Å². The second-order valence-electron chi connectivity index (χ2n) is 6.97. The molecule has 0 radical (unpaired) electrons. The Bertz CT molecular complexity index is 679. The van der Waals surface area contributed by atoms with E-state index in [1.165, 1.54) is 0 Å². The Labute approximate surface area is 204 Å². The minimum atomic E-state index is -0.863. The van der Waals surface area contributed by atoms with Gasteiger partial charge in [-0.1, -0.05) is 37.8 Å². The number of hydrogen-bond donors (Lipinski definition) is 1. The summed E-state index contributed by atoms with van der Waals surface area (Å²) in [4.78, 5) is 35.6. The van der Waals surface area contributed by atoms with E-state index in [4.69, 9.17) is 25.8 Å². The van der Waals surface area contributed by atoms with Crippen molar-refractivity contribution >= 4 is 29.6 Å². The minimum Gasteiger partial charge on any atom is -0.427 e. The van der Waals surface area contributed by atoms with Crippen LogP contribution in [0, 0.1) is 5.92 Å². The van der Waals surface area contributed by atoms with Crippen LogP contribution in [0.3, 0.4) is 0 Å². The first-order valence-corrected chi connectivity index (χ1v) is 10.5. The number of amides is 1. The fraction of sp³-hybridized carbons (Fsp3) is 0.571. The fourth-order valence-electron chi connectivity index (χ4n) is 3.09. The van der Waals surface area contributed by atoms with Crippen LogP contribution in [0.5, 0.6) is 5.75 Å². The van der Waals surface area contributed by atoms with E-state index in [9.17, 15) is 14.4 Å². The second-order valence-corrected chi connectivity index (χ2v) is 7.41. The zero-order chi connectivity index (χ0) is 21.1. The van der Waals surface area contributed by atoms with Crippen LogP contribution >= 0.6 is 11.6 Å². The van der Waals surface area contributed by atoms with Gasteiger partial charge < -0.3 is 19.5 Å². The molecule has 1 fully saturated rings. The van der Waals surface area contributed by atoms with Crippen LogP contribution in [0.1, 0.15) is 58.3 Å². The molecule has 0 saturated heterocycles. The van der Waals surface area contributed by atoms with E-state index < -0.39 is 24.3 Å². The average Bonchev–Trinajstić information content (AvgIpc) is 2.73. The van der Waals surface area contributed by atoms with Gasteiger partial charge in [-0.3, -0.25) is 9.59 Å². The van der Waals surface area contributed by atoms with Gasteiger partial charge in [-0.15, -0.1) is 0 Å². The summed E-state index contributed by atoms with van der Waals surface area (Å²) in [5.41, 5.74) is 0. The van der Waals surface area contributed by atoms with Crippen molar-refractivity contribution < 1.29 is 58.2 Å². The number of esters is 2. The van der Waals surface area contributed by atoms with Gasteiger partial charge in [0.1, 0.15) is 5.75 Å². The number of rotatable bonds is 9. The molecule has 160 valence electrons. The molecule has 1 N–H and O–H groups in total. The smallest absolute Gasteiger partial charge is 0.427 e. The van der Waals surface area contributed by atoms with Gasteiger partial charge in [0.25, 0.3) is 6.29 Å². The molecule has 0 bridgehead atoms. The van der Waals surface area contributed by atoms with Gasteiger partial charge >= 0.3 is 47.6 Å². The maximum atomic E-state index is 12.1. The Kier molecular flexibility index (Phi) is 13.1. The van der Waals surface area contributed by atoms with Crippen molar-refractivity contribution in [3.63, 3.8) is 0 Å². The van der Waals surface area contributed by atoms with Gasteiger partial charge in [0.2, 0.25) is 0 Å². The number of alkyl carbamates (subject to hydrolysis) is 1. The maximum absolute atomic E-state index is 12.1. The summed E-state index contributed by atoms with van der Waals surface area (Å²) in [6, 6.07) is 6.49. The Morgan fingerprint density at radius 1 is 1.07 bits per heavy atom. The molecule has 0 aromatic heterocycles. The molecule has 0 aliphatic heterocycles. The van der Waals surface area contributed by atoms with E-state index >= 15 is 0 Å². The molecule has 1 aliphatic rings. The molecule has 0 spiro atoms. The van der Waals surface area contributed by atoms with E-state index in [1.54, 1.807) is 31.2 Å². The molecule has 1 aliphatic carbocycles. The predicted molar refractivity (Wildman–Crippen MR) is 108 cm³/mol. The van der Waals surface area contributed by atoms with Crippen molar-refractivity contribution in [1.29, 1.82) is 0 Å². The molecule has 1 atom stereocenters. The molecule has 1 unspecified atom stereocenters. The number of carbonyl (C=O) groups excluding carboxylic acids is 3. The van der Waals surface area contributed by atoms with Crippen LogP contribution < -0.4 is 39.6 Å². The molecule has 1 aromatic rings. The first-order chi connectivity index (χ1) is 14.0. The molecular weight excluding hydrogens is 421 g/mol. The molecule has 1 aromatic carbocycles. The van der Waals surface area contributed by atoms with Gasteiger partial charge in [0.05, 0.1) is 0 Å². The first kappa shape index (κ1) is 26.8. The zero-order valence-electron chi connectivity index (χ0n) is 17.7. The van der Waals surface area contributed by atoms with Crippen LogP contribution in [0.15, 0.2) is 24.3 Å². The Morgan fingerprint density at radius 3 is 2.37 bits per heavy atom. The Hall–Kier alpha value is -1.28. The van der Waals surface area contributed by atoms with Crippen molar-refractivity contribution in [2.75, 3.05) is 6.54 Å². The quantitative estimate of drug-likeness (QED) is 0.203. The van der Waals surface area contributed by atoms with Gasteiger partial charge in [0, 0.05) is 30.3 Å². The first-order valence-electron chi connectivity index (χ1n) is 10.1. The largest absolute Gasteiger partial charge is 1.00 e.